The van der Waals surface area contributed by atoms with E-state index in [0.29, 0.717) is 29.5 Å². The number of fused-ring (bicyclic) bond motifs is 2. The second-order valence-corrected chi connectivity index (χ2v) is 7.80. The Morgan fingerprint density at radius 3 is 2.26 bits per heavy atom. The Hall–Kier alpha value is -0.891. The van der Waals surface area contributed by atoms with Gasteiger partial charge in [0.25, 0.3) is 0 Å². The van der Waals surface area contributed by atoms with Crippen LogP contribution < -0.4 is 0 Å². The van der Waals surface area contributed by atoms with E-state index < -0.39 is 0 Å². The number of aromatic nitrogens is 2. The summed E-state index contributed by atoms with van der Waals surface area (Å²) in [5.74, 6) is 0. The van der Waals surface area contributed by atoms with Crippen LogP contribution in [0.25, 0.3) is 19.3 Å². The van der Waals surface area contributed by atoms with Crippen molar-refractivity contribution in [3.8, 4) is 0 Å². The van der Waals surface area contributed by atoms with Crippen LogP contribution in [-0.2, 0) is 0 Å². The normalized spacial score (nSPS) is 10.4. The van der Waals surface area contributed by atoms with Crippen LogP contribution in [0.2, 0.25) is 5.02 Å². The van der Waals surface area contributed by atoms with Gasteiger partial charge in [-0.2, -0.15) is 0 Å². The second-order valence-electron chi connectivity index (χ2n) is 3.87. The zero-order valence-corrected chi connectivity index (χ0v) is 14.0. The summed E-state index contributed by atoms with van der Waals surface area (Å²) in [6.07, 6.45) is 3.84. The number of benzene rings is 2. The molecule has 0 unspecified atom stereocenters. The van der Waals surface area contributed by atoms with Crippen LogP contribution in [0.4, 0.5) is 0 Å². The van der Waals surface area contributed by atoms with Gasteiger partial charge in [-0.25, -0.2) is 0 Å². The molecule has 4 aromatic rings. The molecule has 2 heterocycles. The zero-order valence-electron chi connectivity index (χ0n) is 9.79. The molecule has 0 fully saturated rings. The summed E-state index contributed by atoms with van der Waals surface area (Å²) in [7, 11) is 0. The van der Waals surface area contributed by atoms with E-state index in [1.54, 1.807) is 0 Å². The molecule has 0 amide bonds. The van der Waals surface area contributed by atoms with Crippen LogP contribution in [0, 0.1) is 0 Å². The topological polar surface area (TPSA) is 25.8 Å². The molecule has 4 rings (SSSR count). The van der Waals surface area contributed by atoms with Crippen LogP contribution >= 0.6 is 11.6 Å². The van der Waals surface area contributed by atoms with E-state index in [2.05, 4.69) is 26.2 Å². The number of rotatable bonds is 0. The molecule has 2 aromatic heterocycles. The first-order valence-corrected chi connectivity index (χ1v) is 9.24. The van der Waals surface area contributed by atoms with Gasteiger partial charge in [-0.15, -0.1) is 0 Å². The Kier molecular flexibility index (Phi) is 4.17. The Morgan fingerprint density at radius 2 is 1.47 bits per heavy atom. The van der Waals surface area contributed by atoms with Gasteiger partial charge in [-0.3, -0.25) is 0 Å². The molecule has 0 spiro atoms. The standard InChI is InChI=1S/C7H4ClNSe.C7H5NSe/c8-6-1-2-7-5(3-6)4-9-10-7;1-2-4-7-6(3-1)5-8-9-7/h1-4H;1-5H. The van der Waals surface area contributed by atoms with Gasteiger partial charge in [0.05, 0.1) is 0 Å². The summed E-state index contributed by atoms with van der Waals surface area (Å²) in [6, 6.07) is 14.3. The summed E-state index contributed by atoms with van der Waals surface area (Å²) in [5, 5.41) is 3.29. The summed E-state index contributed by atoms with van der Waals surface area (Å²) < 4.78 is 11.1. The molecule has 0 saturated heterocycles. The molecule has 0 bridgehead atoms. The molecule has 0 saturated carbocycles. The van der Waals surface area contributed by atoms with Crippen LogP contribution in [0.15, 0.2) is 54.9 Å². The van der Waals surface area contributed by atoms with Crippen LogP contribution in [0.5, 0.6) is 0 Å². The van der Waals surface area contributed by atoms with Crippen molar-refractivity contribution < 1.29 is 0 Å². The maximum atomic E-state index is 5.77. The quantitative estimate of drug-likeness (QED) is 0.425. The Labute approximate surface area is 128 Å². The van der Waals surface area contributed by atoms with Crippen molar-refractivity contribution in [2.75, 3.05) is 0 Å². The van der Waals surface area contributed by atoms with Gasteiger partial charge < -0.3 is 0 Å². The Balaban J connectivity index is 0.000000117. The molecule has 19 heavy (non-hydrogen) atoms. The number of nitrogens with zero attached hydrogens (tertiary/aromatic N) is 2. The fourth-order valence-corrected chi connectivity index (χ4v) is 4.50. The van der Waals surface area contributed by atoms with E-state index in [1.165, 1.54) is 19.3 Å². The molecular weight excluding hydrogens is 390 g/mol. The van der Waals surface area contributed by atoms with Crippen molar-refractivity contribution in [2.45, 2.75) is 0 Å². The van der Waals surface area contributed by atoms with E-state index in [1.807, 2.05) is 36.7 Å². The third kappa shape index (κ3) is 3.17. The third-order valence-electron chi connectivity index (χ3n) is 2.58. The first-order valence-electron chi connectivity index (χ1n) is 5.62. The van der Waals surface area contributed by atoms with Gasteiger partial charge in [0, 0.05) is 0 Å². The average Bonchev–Trinajstić information content (AvgIpc) is 3.07. The maximum absolute atomic E-state index is 5.77. The number of halogens is 1. The SMILES string of the molecule is Clc1ccc2[se]ncc2c1.c1ccc2[se]ncc2c1. The van der Waals surface area contributed by atoms with E-state index >= 15 is 0 Å². The molecule has 0 aliphatic heterocycles. The minimum absolute atomic E-state index is 0.305. The Morgan fingerprint density at radius 1 is 0.789 bits per heavy atom. The third-order valence-corrected chi connectivity index (χ3v) is 6.08. The Bertz CT molecular complexity index is 777. The number of hydrogen-bond donors (Lipinski definition) is 0. The predicted octanol–water partition coefficient (Wildman–Crippen LogP) is 3.24. The molecule has 0 aliphatic carbocycles. The fourth-order valence-electron chi connectivity index (χ4n) is 1.65. The zero-order chi connectivity index (χ0) is 13.1. The van der Waals surface area contributed by atoms with Gasteiger partial charge in [0.2, 0.25) is 0 Å². The first kappa shape index (κ1) is 13.1. The summed E-state index contributed by atoms with van der Waals surface area (Å²) in [6.45, 7) is 0. The van der Waals surface area contributed by atoms with Gasteiger partial charge in [-0.1, -0.05) is 0 Å². The van der Waals surface area contributed by atoms with Crippen molar-refractivity contribution in [1.29, 1.82) is 0 Å². The van der Waals surface area contributed by atoms with Crippen LogP contribution in [-0.4, -0.2) is 37.4 Å². The molecule has 5 heteroatoms. The summed E-state index contributed by atoms with van der Waals surface area (Å²) >= 11 is 6.45. The molecular formula is C14H9ClN2Se2. The molecule has 0 atom stereocenters. The summed E-state index contributed by atoms with van der Waals surface area (Å²) in [4.78, 5) is 0. The van der Waals surface area contributed by atoms with Crippen molar-refractivity contribution in [3.05, 3.63) is 59.9 Å². The first-order chi connectivity index (χ1) is 9.33. The van der Waals surface area contributed by atoms with E-state index in [4.69, 9.17) is 11.6 Å². The molecule has 0 aliphatic rings. The van der Waals surface area contributed by atoms with Gasteiger partial charge in [-0.05, 0) is 0 Å². The van der Waals surface area contributed by atoms with E-state index in [-0.39, 0.29) is 0 Å². The van der Waals surface area contributed by atoms with E-state index in [9.17, 15) is 0 Å². The molecule has 2 aromatic carbocycles. The van der Waals surface area contributed by atoms with Crippen LogP contribution in [0.1, 0.15) is 0 Å². The average molecular weight is 399 g/mol. The van der Waals surface area contributed by atoms with Gasteiger partial charge in [0.1, 0.15) is 0 Å². The second kappa shape index (κ2) is 6.04. The van der Waals surface area contributed by atoms with E-state index in [0.717, 1.165) is 5.02 Å². The predicted molar refractivity (Wildman–Crippen MR) is 82.4 cm³/mol. The number of hydrogen-bond acceptors (Lipinski definition) is 2. The van der Waals surface area contributed by atoms with Crippen LogP contribution in [0.3, 0.4) is 0 Å². The molecule has 2 nitrogen and oxygen atoms in total. The molecule has 0 N–H and O–H groups in total. The molecule has 0 radical (unpaired) electrons. The monoisotopic (exact) mass is 400 g/mol. The minimum atomic E-state index is 0.305. The van der Waals surface area contributed by atoms with Gasteiger partial charge in [0.15, 0.2) is 0 Å². The molecule has 94 valence electrons. The van der Waals surface area contributed by atoms with Gasteiger partial charge >= 0.3 is 128 Å². The van der Waals surface area contributed by atoms with Crippen molar-refractivity contribution in [3.63, 3.8) is 0 Å². The summed E-state index contributed by atoms with van der Waals surface area (Å²) in [5.41, 5.74) is 0. The van der Waals surface area contributed by atoms with Crippen molar-refractivity contribution in [2.24, 2.45) is 0 Å². The van der Waals surface area contributed by atoms with Crippen molar-refractivity contribution in [1.82, 2.24) is 7.96 Å². The fraction of sp³-hybridized carbons (Fsp3) is 0. The van der Waals surface area contributed by atoms with Crippen molar-refractivity contribution >= 4 is 60.4 Å².